The summed E-state index contributed by atoms with van der Waals surface area (Å²) in [6.45, 7) is 9.01. The normalized spacial score (nSPS) is 17.0. The maximum Gasteiger partial charge on any atom is 0.410 e. The summed E-state index contributed by atoms with van der Waals surface area (Å²) in [7, 11) is 0. The highest BCUT2D eigenvalue weighted by molar-refractivity contribution is 5.92. The van der Waals surface area contributed by atoms with Gasteiger partial charge < -0.3 is 15.0 Å². The zero-order valence-electron chi connectivity index (χ0n) is 15.7. The zero-order valence-corrected chi connectivity index (χ0v) is 15.7. The Morgan fingerprint density at radius 1 is 1.20 bits per heavy atom. The zero-order chi connectivity index (χ0) is 18.4. The Bertz CT molecular complexity index is 572. The van der Waals surface area contributed by atoms with E-state index in [1.54, 1.807) is 4.90 Å². The van der Waals surface area contributed by atoms with Gasteiger partial charge in [0.05, 0.1) is 0 Å². The van der Waals surface area contributed by atoms with Gasteiger partial charge in [-0.15, -0.1) is 0 Å². The molecule has 1 heterocycles. The van der Waals surface area contributed by atoms with E-state index in [-0.39, 0.29) is 17.9 Å². The number of anilines is 1. The molecule has 25 heavy (non-hydrogen) atoms. The molecule has 2 amide bonds. The molecule has 1 fully saturated rings. The Balaban J connectivity index is 1.75. The Labute approximate surface area is 150 Å². The SMILES string of the molecule is C[C@H](CC1CCN(C(=O)OC(C)(C)C)CC1)C(=O)Nc1ccccc1. The number of hydrogen-bond donors (Lipinski definition) is 1. The van der Waals surface area contributed by atoms with Crippen molar-refractivity contribution in [2.45, 2.75) is 52.6 Å². The van der Waals surface area contributed by atoms with E-state index in [2.05, 4.69) is 5.32 Å². The van der Waals surface area contributed by atoms with E-state index in [4.69, 9.17) is 4.74 Å². The highest BCUT2D eigenvalue weighted by atomic mass is 16.6. The minimum absolute atomic E-state index is 0.0433. The summed E-state index contributed by atoms with van der Waals surface area (Å²) in [5, 5.41) is 2.96. The quantitative estimate of drug-likeness (QED) is 0.884. The number of carbonyl (C=O) groups excluding carboxylic acids is 2. The lowest BCUT2D eigenvalue weighted by Crippen LogP contribution is -2.42. The molecule has 0 unspecified atom stereocenters. The number of likely N-dealkylation sites (tertiary alicyclic amines) is 1. The first-order chi connectivity index (χ1) is 11.7. The van der Waals surface area contributed by atoms with Gasteiger partial charge in [0.2, 0.25) is 5.91 Å². The molecule has 1 aliphatic heterocycles. The van der Waals surface area contributed by atoms with Gasteiger partial charge in [-0.1, -0.05) is 25.1 Å². The first kappa shape index (κ1) is 19.3. The number of benzene rings is 1. The summed E-state index contributed by atoms with van der Waals surface area (Å²) in [4.78, 5) is 26.2. The lowest BCUT2D eigenvalue weighted by Gasteiger charge is -2.34. The summed E-state index contributed by atoms with van der Waals surface area (Å²) in [6.07, 6.45) is 2.45. The summed E-state index contributed by atoms with van der Waals surface area (Å²) in [5.41, 5.74) is 0.372. The second-order valence-electron chi connectivity index (χ2n) is 7.90. The third-order valence-electron chi connectivity index (χ3n) is 4.44. The minimum atomic E-state index is -0.460. The van der Waals surface area contributed by atoms with E-state index in [1.165, 1.54) is 0 Å². The van der Waals surface area contributed by atoms with E-state index in [0.29, 0.717) is 19.0 Å². The lowest BCUT2D eigenvalue weighted by atomic mass is 9.87. The fraction of sp³-hybridized carbons (Fsp3) is 0.600. The molecule has 5 heteroatoms. The molecule has 1 aromatic carbocycles. The summed E-state index contributed by atoms with van der Waals surface area (Å²) in [6, 6.07) is 9.53. The Morgan fingerprint density at radius 3 is 2.36 bits per heavy atom. The van der Waals surface area contributed by atoms with Gasteiger partial charge in [0.15, 0.2) is 0 Å². The van der Waals surface area contributed by atoms with Crippen molar-refractivity contribution in [2.75, 3.05) is 18.4 Å². The number of nitrogens with zero attached hydrogens (tertiary/aromatic N) is 1. The Morgan fingerprint density at radius 2 is 1.80 bits per heavy atom. The molecule has 5 nitrogen and oxygen atoms in total. The van der Waals surface area contributed by atoms with Crippen molar-refractivity contribution in [3.05, 3.63) is 30.3 Å². The molecular formula is C20H30N2O3. The van der Waals surface area contributed by atoms with Crippen molar-refractivity contribution in [3.8, 4) is 0 Å². The molecule has 0 spiro atoms. The van der Waals surface area contributed by atoms with Gasteiger partial charge in [0.1, 0.15) is 5.60 Å². The van der Waals surface area contributed by atoms with Gasteiger partial charge in [-0.05, 0) is 58.1 Å². The van der Waals surface area contributed by atoms with Crippen molar-refractivity contribution in [2.24, 2.45) is 11.8 Å². The standard InChI is InChI=1S/C20H30N2O3/c1-15(18(23)21-17-8-6-5-7-9-17)14-16-10-12-22(13-11-16)19(24)25-20(2,3)4/h5-9,15-16H,10-14H2,1-4H3,(H,21,23)/t15-/m1/s1. The topological polar surface area (TPSA) is 58.6 Å². The maximum absolute atomic E-state index is 12.3. The fourth-order valence-corrected chi connectivity index (χ4v) is 3.07. The fourth-order valence-electron chi connectivity index (χ4n) is 3.07. The third-order valence-corrected chi connectivity index (χ3v) is 4.44. The summed E-state index contributed by atoms with van der Waals surface area (Å²) >= 11 is 0. The van der Waals surface area contributed by atoms with Gasteiger partial charge in [-0.25, -0.2) is 4.79 Å². The Kier molecular flexibility index (Phi) is 6.45. The van der Waals surface area contributed by atoms with Crippen LogP contribution in [-0.2, 0) is 9.53 Å². The van der Waals surface area contributed by atoms with Crippen LogP contribution < -0.4 is 5.32 Å². The number of nitrogens with one attached hydrogen (secondary N) is 1. The second kappa shape index (κ2) is 8.37. The molecule has 1 atom stereocenters. The van der Waals surface area contributed by atoms with Crippen LogP contribution >= 0.6 is 0 Å². The van der Waals surface area contributed by atoms with Crippen LogP contribution in [0.25, 0.3) is 0 Å². The van der Waals surface area contributed by atoms with Crippen LogP contribution in [0.4, 0.5) is 10.5 Å². The maximum atomic E-state index is 12.3. The van der Waals surface area contributed by atoms with Gasteiger partial charge in [0.25, 0.3) is 0 Å². The molecule has 0 bridgehead atoms. The second-order valence-corrected chi connectivity index (χ2v) is 7.90. The summed E-state index contributed by atoms with van der Waals surface area (Å²) in [5.74, 6) is 0.481. The van der Waals surface area contributed by atoms with Crippen LogP contribution in [0.2, 0.25) is 0 Å². The number of piperidine rings is 1. The molecule has 1 aliphatic rings. The molecule has 138 valence electrons. The molecule has 0 saturated carbocycles. The van der Waals surface area contributed by atoms with Gasteiger partial charge >= 0.3 is 6.09 Å². The predicted molar refractivity (Wildman–Crippen MR) is 99.4 cm³/mol. The van der Waals surface area contributed by atoms with Crippen LogP contribution in [0.1, 0.15) is 47.0 Å². The van der Waals surface area contributed by atoms with E-state index < -0.39 is 5.60 Å². The molecule has 2 rings (SSSR count). The van der Waals surface area contributed by atoms with Gasteiger partial charge in [0, 0.05) is 24.7 Å². The third kappa shape index (κ3) is 6.40. The molecule has 0 aliphatic carbocycles. The minimum Gasteiger partial charge on any atom is -0.444 e. The number of amides is 2. The Hall–Kier alpha value is -2.04. The van der Waals surface area contributed by atoms with Crippen molar-refractivity contribution in [3.63, 3.8) is 0 Å². The van der Waals surface area contributed by atoms with E-state index in [0.717, 1.165) is 24.9 Å². The van der Waals surface area contributed by atoms with Crippen LogP contribution in [0.3, 0.4) is 0 Å². The van der Waals surface area contributed by atoms with Crippen LogP contribution in [-0.4, -0.2) is 35.6 Å². The molecule has 1 aromatic rings. The van der Waals surface area contributed by atoms with E-state index in [1.807, 2.05) is 58.0 Å². The van der Waals surface area contributed by atoms with Crippen LogP contribution in [0.15, 0.2) is 30.3 Å². The van der Waals surface area contributed by atoms with Crippen molar-refractivity contribution >= 4 is 17.7 Å². The molecule has 0 radical (unpaired) electrons. The predicted octanol–water partition coefficient (Wildman–Crippen LogP) is 4.30. The monoisotopic (exact) mass is 346 g/mol. The first-order valence-corrected chi connectivity index (χ1v) is 9.08. The molecule has 0 aromatic heterocycles. The van der Waals surface area contributed by atoms with E-state index >= 15 is 0 Å². The number of rotatable bonds is 4. The molecular weight excluding hydrogens is 316 g/mol. The molecule has 1 N–H and O–H groups in total. The highest BCUT2D eigenvalue weighted by Crippen LogP contribution is 2.26. The van der Waals surface area contributed by atoms with Crippen molar-refractivity contribution in [1.29, 1.82) is 0 Å². The average Bonchev–Trinajstić information content (AvgIpc) is 2.54. The lowest BCUT2D eigenvalue weighted by molar-refractivity contribution is -0.120. The largest absolute Gasteiger partial charge is 0.444 e. The smallest absolute Gasteiger partial charge is 0.410 e. The average molecular weight is 346 g/mol. The van der Waals surface area contributed by atoms with Gasteiger partial charge in [-0.2, -0.15) is 0 Å². The molecule has 1 saturated heterocycles. The highest BCUT2D eigenvalue weighted by Gasteiger charge is 2.28. The van der Waals surface area contributed by atoms with Crippen LogP contribution in [0.5, 0.6) is 0 Å². The van der Waals surface area contributed by atoms with Crippen LogP contribution in [0, 0.1) is 11.8 Å². The summed E-state index contributed by atoms with van der Waals surface area (Å²) < 4.78 is 5.42. The van der Waals surface area contributed by atoms with Gasteiger partial charge in [-0.3, -0.25) is 4.79 Å². The number of hydrogen-bond acceptors (Lipinski definition) is 3. The van der Waals surface area contributed by atoms with Crippen molar-refractivity contribution in [1.82, 2.24) is 4.90 Å². The van der Waals surface area contributed by atoms with E-state index in [9.17, 15) is 9.59 Å². The number of carbonyl (C=O) groups is 2. The first-order valence-electron chi connectivity index (χ1n) is 9.08. The number of para-hydroxylation sites is 1. The number of ether oxygens (including phenoxy) is 1. The van der Waals surface area contributed by atoms with Crippen molar-refractivity contribution < 1.29 is 14.3 Å².